The van der Waals surface area contributed by atoms with Gasteiger partial charge in [0, 0.05) is 24.9 Å². The SMILES string of the molecule is CC(C)CC[C@H](CCC(F)(F)F)N1CC[C@@H](CC(=O)O)C[C@H]1c1ccc(C(C)C)cc1. The average molecular weight is 442 g/mol. The van der Waals surface area contributed by atoms with E-state index in [-0.39, 0.29) is 30.8 Å². The summed E-state index contributed by atoms with van der Waals surface area (Å²) in [6, 6.07) is 8.17. The van der Waals surface area contributed by atoms with Crippen molar-refractivity contribution in [1.29, 1.82) is 0 Å². The van der Waals surface area contributed by atoms with Crippen molar-refractivity contribution in [3.63, 3.8) is 0 Å². The third-order valence-corrected chi connectivity index (χ3v) is 6.51. The Labute approximate surface area is 185 Å². The van der Waals surface area contributed by atoms with Crippen LogP contribution in [-0.2, 0) is 4.79 Å². The van der Waals surface area contributed by atoms with Crippen LogP contribution in [0, 0.1) is 11.8 Å². The lowest BCUT2D eigenvalue weighted by Gasteiger charge is -2.44. The van der Waals surface area contributed by atoms with E-state index in [1.807, 2.05) is 0 Å². The molecule has 1 N–H and O–H groups in total. The van der Waals surface area contributed by atoms with E-state index in [1.54, 1.807) is 0 Å². The third-order valence-electron chi connectivity index (χ3n) is 6.51. The second-order valence-electron chi connectivity index (χ2n) is 9.84. The summed E-state index contributed by atoms with van der Waals surface area (Å²) in [5.41, 5.74) is 2.31. The number of alkyl halides is 3. The van der Waals surface area contributed by atoms with Crippen LogP contribution < -0.4 is 0 Å². The molecule has 0 unspecified atom stereocenters. The van der Waals surface area contributed by atoms with Crippen molar-refractivity contribution in [2.75, 3.05) is 6.54 Å². The van der Waals surface area contributed by atoms with Crippen LogP contribution in [0.1, 0.15) is 95.7 Å². The van der Waals surface area contributed by atoms with Crippen molar-refractivity contribution >= 4 is 5.97 Å². The number of carboxylic acid groups (broad SMARTS) is 1. The van der Waals surface area contributed by atoms with Crippen molar-refractivity contribution in [3.8, 4) is 0 Å². The summed E-state index contributed by atoms with van der Waals surface area (Å²) >= 11 is 0. The zero-order valence-corrected chi connectivity index (χ0v) is 19.3. The van der Waals surface area contributed by atoms with E-state index < -0.39 is 18.6 Å². The summed E-state index contributed by atoms with van der Waals surface area (Å²) in [6.45, 7) is 9.10. The summed E-state index contributed by atoms with van der Waals surface area (Å²) in [5.74, 6) is 0.0845. The van der Waals surface area contributed by atoms with Crippen molar-refractivity contribution in [2.24, 2.45) is 11.8 Å². The Hall–Kier alpha value is -1.56. The second-order valence-corrected chi connectivity index (χ2v) is 9.84. The highest BCUT2D eigenvalue weighted by Crippen LogP contribution is 2.40. The Bertz CT molecular complexity index is 685. The van der Waals surface area contributed by atoms with Crippen LogP contribution >= 0.6 is 0 Å². The Morgan fingerprint density at radius 3 is 2.26 bits per heavy atom. The summed E-state index contributed by atoms with van der Waals surface area (Å²) < 4.78 is 39.1. The van der Waals surface area contributed by atoms with E-state index in [0.29, 0.717) is 24.8 Å². The van der Waals surface area contributed by atoms with Gasteiger partial charge in [0.15, 0.2) is 0 Å². The molecule has 0 radical (unpaired) electrons. The van der Waals surface area contributed by atoms with E-state index in [4.69, 9.17) is 0 Å². The standard InChI is InChI=1S/C25H38F3NO2/c1-17(2)5-10-22(11-13-25(26,27)28)29-14-12-19(16-24(30)31)15-23(29)21-8-6-20(7-9-21)18(3)4/h6-9,17-19,22-23H,5,10-16H2,1-4H3,(H,30,31)/t19-,22-,23+/m1/s1. The molecule has 1 aromatic carbocycles. The minimum atomic E-state index is -4.16. The van der Waals surface area contributed by atoms with Crippen LogP contribution in [-0.4, -0.2) is 34.7 Å². The number of likely N-dealkylation sites (tertiary alicyclic amines) is 1. The molecule has 3 atom stereocenters. The van der Waals surface area contributed by atoms with Gasteiger partial charge < -0.3 is 5.11 Å². The molecule has 1 heterocycles. The number of halogens is 3. The highest BCUT2D eigenvalue weighted by molar-refractivity contribution is 5.67. The van der Waals surface area contributed by atoms with E-state index >= 15 is 0 Å². The van der Waals surface area contributed by atoms with Gasteiger partial charge in [0.2, 0.25) is 0 Å². The molecule has 176 valence electrons. The normalized spacial score (nSPS) is 21.6. The van der Waals surface area contributed by atoms with Gasteiger partial charge in [0.1, 0.15) is 0 Å². The maximum Gasteiger partial charge on any atom is 0.389 e. The number of benzene rings is 1. The molecule has 6 heteroatoms. The maximum atomic E-state index is 13.0. The maximum absolute atomic E-state index is 13.0. The second kappa shape index (κ2) is 11.3. The molecule has 1 aliphatic rings. The number of hydrogen-bond donors (Lipinski definition) is 1. The monoisotopic (exact) mass is 441 g/mol. The highest BCUT2D eigenvalue weighted by Gasteiger charge is 2.36. The quantitative estimate of drug-likeness (QED) is 0.418. The fourth-order valence-corrected chi connectivity index (χ4v) is 4.69. The van der Waals surface area contributed by atoms with Crippen LogP contribution in [0.15, 0.2) is 24.3 Å². The predicted molar refractivity (Wildman–Crippen MR) is 118 cm³/mol. The van der Waals surface area contributed by atoms with Gasteiger partial charge in [-0.1, -0.05) is 52.0 Å². The average Bonchev–Trinajstić information content (AvgIpc) is 2.67. The number of carbonyl (C=O) groups is 1. The fraction of sp³-hybridized carbons (Fsp3) is 0.720. The molecule has 0 saturated carbocycles. The van der Waals surface area contributed by atoms with Crippen molar-refractivity contribution in [2.45, 2.75) is 96.8 Å². The van der Waals surface area contributed by atoms with Crippen molar-refractivity contribution in [3.05, 3.63) is 35.4 Å². The Morgan fingerprint density at radius 1 is 1.10 bits per heavy atom. The molecular formula is C25H38F3NO2. The number of aliphatic carboxylic acids is 1. The van der Waals surface area contributed by atoms with Crippen LogP contribution in [0.2, 0.25) is 0 Å². The molecule has 0 aromatic heterocycles. The molecule has 0 bridgehead atoms. The first-order chi connectivity index (χ1) is 14.5. The molecule has 1 saturated heterocycles. The molecule has 1 aromatic rings. The molecule has 1 fully saturated rings. The molecule has 3 nitrogen and oxygen atoms in total. The molecule has 0 aliphatic carbocycles. The summed E-state index contributed by atoms with van der Waals surface area (Å²) in [7, 11) is 0. The lowest BCUT2D eigenvalue weighted by molar-refractivity contribution is -0.141. The summed E-state index contributed by atoms with van der Waals surface area (Å²) in [4.78, 5) is 13.5. The van der Waals surface area contributed by atoms with Gasteiger partial charge in [-0.2, -0.15) is 13.2 Å². The molecule has 31 heavy (non-hydrogen) atoms. The molecular weight excluding hydrogens is 403 g/mol. The Balaban J connectivity index is 2.29. The van der Waals surface area contributed by atoms with E-state index in [2.05, 4.69) is 56.9 Å². The molecule has 0 amide bonds. The van der Waals surface area contributed by atoms with E-state index in [9.17, 15) is 23.1 Å². The van der Waals surface area contributed by atoms with Gasteiger partial charge in [0.25, 0.3) is 0 Å². The Morgan fingerprint density at radius 2 is 1.74 bits per heavy atom. The van der Waals surface area contributed by atoms with Crippen LogP contribution in [0.5, 0.6) is 0 Å². The summed E-state index contributed by atoms with van der Waals surface area (Å²) in [5, 5.41) is 9.28. The van der Waals surface area contributed by atoms with E-state index in [0.717, 1.165) is 24.8 Å². The first-order valence-electron chi connectivity index (χ1n) is 11.6. The van der Waals surface area contributed by atoms with Crippen molar-refractivity contribution < 1.29 is 23.1 Å². The largest absolute Gasteiger partial charge is 0.481 e. The lowest BCUT2D eigenvalue weighted by Crippen LogP contribution is -2.44. The lowest BCUT2D eigenvalue weighted by atomic mass is 9.82. The zero-order chi connectivity index (χ0) is 23.2. The first-order valence-corrected chi connectivity index (χ1v) is 11.6. The van der Waals surface area contributed by atoms with Gasteiger partial charge in [-0.3, -0.25) is 9.69 Å². The van der Waals surface area contributed by atoms with Gasteiger partial charge in [0.05, 0.1) is 0 Å². The van der Waals surface area contributed by atoms with Crippen molar-refractivity contribution in [1.82, 2.24) is 4.90 Å². The molecule has 1 aliphatic heterocycles. The minimum absolute atomic E-state index is 0.0373. The number of nitrogens with zero attached hydrogens (tertiary/aromatic N) is 1. The van der Waals surface area contributed by atoms with E-state index in [1.165, 1.54) is 5.56 Å². The fourth-order valence-electron chi connectivity index (χ4n) is 4.69. The summed E-state index contributed by atoms with van der Waals surface area (Å²) in [6.07, 6.45) is -1.70. The zero-order valence-electron chi connectivity index (χ0n) is 19.3. The third kappa shape index (κ3) is 8.47. The smallest absolute Gasteiger partial charge is 0.389 e. The number of piperidine rings is 1. The van der Waals surface area contributed by atoms with Gasteiger partial charge in [-0.15, -0.1) is 0 Å². The van der Waals surface area contributed by atoms with Crippen LogP contribution in [0.25, 0.3) is 0 Å². The van der Waals surface area contributed by atoms with Gasteiger partial charge >= 0.3 is 12.1 Å². The number of carboxylic acids is 1. The Kier molecular flexibility index (Phi) is 9.41. The van der Waals surface area contributed by atoms with Crippen LogP contribution in [0.4, 0.5) is 13.2 Å². The van der Waals surface area contributed by atoms with Gasteiger partial charge in [-0.25, -0.2) is 0 Å². The van der Waals surface area contributed by atoms with Gasteiger partial charge in [-0.05, 0) is 67.5 Å². The topological polar surface area (TPSA) is 40.5 Å². The van der Waals surface area contributed by atoms with Crippen LogP contribution in [0.3, 0.4) is 0 Å². The number of hydrogen-bond acceptors (Lipinski definition) is 2. The highest BCUT2D eigenvalue weighted by atomic mass is 19.4. The minimum Gasteiger partial charge on any atom is -0.481 e. The predicted octanol–water partition coefficient (Wildman–Crippen LogP) is 7.19. The molecule has 0 spiro atoms. The molecule has 2 rings (SSSR count). The number of rotatable bonds is 10. The first kappa shape index (κ1) is 25.7.